The van der Waals surface area contributed by atoms with Gasteiger partial charge in [0.15, 0.2) is 0 Å². The molecule has 0 aromatic rings. The molecule has 1 aliphatic carbocycles. The summed E-state index contributed by atoms with van der Waals surface area (Å²) in [6, 6.07) is 0. The molecule has 0 N–H and O–H groups in total. The van der Waals surface area contributed by atoms with E-state index in [4.69, 9.17) is 0 Å². The predicted molar refractivity (Wildman–Crippen MR) is 73.3 cm³/mol. The van der Waals surface area contributed by atoms with Crippen molar-refractivity contribution in [3.8, 4) is 0 Å². The summed E-state index contributed by atoms with van der Waals surface area (Å²) < 4.78 is 0. The van der Waals surface area contributed by atoms with Crippen LogP contribution in [-0.4, -0.2) is 0 Å². The fourth-order valence-electron chi connectivity index (χ4n) is 2.31. The van der Waals surface area contributed by atoms with Gasteiger partial charge in [0.2, 0.25) is 0 Å². The minimum atomic E-state index is 1.02. The van der Waals surface area contributed by atoms with Gasteiger partial charge in [-0.2, -0.15) is 0 Å². The normalized spacial score (nSPS) is 24.4. The van der Waals surface area contributed by atoms with E-state index in [1.54, 1.807) is 0 Å². The molecule has 0 spiro atoms. The molecule has 2 atom stereocenters. The van der Waals surface area contributed by atoms with E-state index in [-0.39, 0.29) is 0 Å². The monoisotopic (exact) mass is 214 g/mol. The molecular weight excluding hydrogens is 180 g/mol. The zero-order valence-corrected chi connectivity index (χ0v) is 12.1. The average molecular weight is 214 g/mol. The van der Waals surface area contributed by atoms with E-state index in [0.29, 0.717) is 0 Å². The third-order valence-corrected chi connectivity index (χ3v) is 3.01. The van der Waals surface area contributed by atoms with Gasteiger partial charge in [0.25, 0.3) is 0 Å². The molecule has 0 nitrogen and oxygen atoms in total. The van der Waals surface area contributed by atoms with Gasteiger partial charge in [0, 0.05) is 0 Å². The quantitative estimate of drug-likeness (QED) is 0.536. The third-order valence-electron chi connectivity index (χ3n) is 3.01. The maximum Gasteiger partial charge on any atom is -0.0412 e. The topological polar surface area (TPSA) is 0 Å². The number of hydrogen-bond donors (Lipinski definition) is 0. The van der Waals surface area contributed by atoms with Crippen LogP contribution in [0.1, 0.15) is 86.5 Å². The summed E-state index contributed by atoms with van der Waals surface area (Å²) in [5.74, 6) is 2.10. The van der Waals surface area contributed by atoms with Gasteiger partial charge in [-0.15, -0.1) is 0 Å². The molecule has 1 aliphatic rings. The lowest BCUT2D eigenvalue weighted by Crippen LogP contribution is -2.12. The van der Waals surface area contributed by atoms with Gasteiger partial charge in [-0.25, -0.2) is 0 Å². The molecule has 1 fully saturated rings. The Kier molecular flexibility index (Phi) is 16.2. The van der Waals surface area contributed by atoms with Gasteiger partial charge in [0.1, 0.15) is 0 Å². The Bertz CT molecular complexity index is 96.2. The van der Waals surface area contributed by atoms with Gasteiger partial charge >= 0.3 is 0 Å². The Morgan fingerprint density at radius 2 is 1.60 bits per heavy atom. The molecule has 1 rings (SSSR count). The maximum atomic E-state index is 2.41. The molecule has 0 heteroatoms. The van der Waals surface area contributed by atoms with Crippen LogP contribution in [0, 0.1) is 11.8 Å². The molecule has 15 heavy (non-hydrogen) atoms. The lowest BCUT2D eigenvalue weighted by molar-refractivity contribution is 0.265. The highest BCUT2D eigenvalue weighted by Crippen LogP contribution is 2.31. The molecule has 0 saturated heterocycles. The Hall–Kier alpha value is 0. The number of unbranched alkanes of at least 4 members (excludes halogenated alkanes) is 1. The molecular formula is C15H34. The molecule has 1 saturated carbocycles. The Balaban J connectivity index is 0. The van der Waals surface area contributed by atoms with Crippen molar-refractivity contribution in [1.29, 1.82) is 0 Å². The van der Waals surface area contributed by atoms with Crippen molar-refractivity contribution in [3.63, 3.8) is 0 Å². The van der Waals surface area contributed by atoms with Crippen molar-refractivity contribution in [2.75, 3.05) is 0 Å². The zero-order valence-electron chi connectivity index (χ0n) is 12.1. The van der Waals surface area contributed by atoms with Crippen LogP contribution in [0.5, 0.6) is 0 Å². The van der Waals surface area contributed by atoms with Crippen molar-refractivity contribution in [3.05, 3.63) is 0 Å². The Morgan fingerprint density at radius 3 is 2.07 bits per heavy atom. The van der Waals surface area contributed by atoms with E-state index < -0.39 is 0 Å². The maximum absolute atomic E-state index is 2.41. The molecule has 94 valence electrons. The van der Waals surface area contributed by atoms with Crippen LogP contribution in [0.3, 0.4) is 0 Å². The molecule has 0 aliphatic heterocycles. The highest BCUT2D eigenvalue weighted by Gasteiger charge is 2.17. The molecule has 0 bridgehead atoms. The molecule has 0 heterocycles. The average Bonchev–Trinajstić information content (AvgIpc) is 2.32. The lowest BCUT2D eigenvalue weighted by atomic mass is 9.80. The van der Waals surface area contributed by atoms with Crippen LogP contribution in [0.4, 0.5) is 0 Å². The van der Waals surface area contributed by atoms with E-state index >= 15 is 0 Å². The molecule has 0 aromatic heterocycles. The second-order valence-corrected chi connectivity index (χ2v) is 4.28. The van der Waals surface area contributed by atoms with Crippen molar-refractivity contribution >= 4 is 0 Å². The summed E-state index contributed by atoms with van der Waals surface area (Å²) in [6.45, 7) is 12.7. The predicted octanol–water partition coefficient (Wildman–Crippen LogP) is 6.06. The molecule has 0 amide bonds. The molecule has 0 radical (unpaired) electrons. The summed E-state index contributed by atoms with van der Waals surface area (Å²) in [5.41, 5.74) is 0. The van der Waals surface area contributed by atoms with Crippen LogP contribution in [-0.2, 0) is 0 Å². The van der Waals surface area contributed by atoms with E-state index in [1.807, 2.05) is 27.7 Å². The summed E-state index contributed by atoms with van der Waals surface area (Å²) in [7, 11) is 0. The second kappa shape index (κ2) is 14.0. The van der Waals surface area contributed by atoms with Crippen molar-refractivity contribution in [2.45, 2.75) is 86.5 Å². The first-order valence-electron chi connectivity index (χ1n) is 7.33. The highest BCUT2D eigenvalue weighted by molar-refractivity contribution is 4.70. The number of hydrogen-bond acceptors (Lipinski definition) is 0. The largest absolute Gasteiger partial charge is 0.0683 e. The van der Waals surface area contributed by atoms with Crippen LogP contribution in [0.25, 0.3) is 0 Å². The van der Waals surface area contributed by atoms with Crippen molar-refractivity contribution in [2.24, 2.45) is 11.8 Å². The molecule has 0 aromatic carbocycles. The highest BCUT2D eigenvalue weighted by atomic mass is 14.2. The van der Waals surface area contributed by atoms with Crippen molar-refractivity contribution in [1.82, 2.24) is 0 Å². The van der Waals surface area contributed by atoms with E-state index in [0.717, 1.165) is 11.8 Å². The lowest BCUT2D eigenvalue weighted by Gasteiger charge is -2.26. The summed E-state index contributed by atoms with van der Waals surface area (Å²) in [5, 5.41) is 0. The van der Waals surface area contributed by atoms with E-state index in [2.05, 4.69) is 13.8 Å². The van der Waals surface area contributed by atoms with Gasteiger partial charge in [-0.3, -0.25) is 0 Å². The van der Waals surface area contributed by atoms with Gasteiger partial charge in [0.05, 0.1) is 0 Å². The third kappa shape index (κ3) is 10.3. The van der Waals surface area contributed by atoms with E-state index in [1.165, 1.54) is 44.9 Å². The first-order chi connectivity index (χ1) is 7.33. The Labute approximate surface area is 98.9 Å². The van der Waals surface area contributed by atoms with Gasteiger partial charge in [-0.1, -0.05) is 80.1 Å². The Morgan fingerprint density at radius 1 is 1.00 bits per heavy atom. The SMILES string of the molecule is CC.CC.CCCCC1CCCC(C)C1. The van der Waals surface area contributed by atoms with Crippen LogP contribution in [0.15, 0.2) is 0 Å². The first-order valence-corrected chi connectivity index (χ1v) is 7.33. The minimum absolute atomic E-state index is 1.02. The van der Waals surface area contributed by atoms with Crippen molar-refractivity contribution < 1.29 is 0 Å². The fourth-order valence-corrected chi connectivity index (χ4v) is 2.31. The standard InChI is InChI=1S/C11H22.2C2H6/c1-3-4-7-11-8-5-6-10(2)9-11;2*1-2/h10-11H,3-9H2,1-2H3;2*1-2H3. The van der Waals surface area contributed by atoms with Crippen LogP contribution in [0.2, 0.25) is 0 Å². The van der Waals surface area contributed by atoms with Gasteiger partial charge in [-0.05, 0) is 18.3 Å². The number of rotatable bonds is 3. The summed E-state index contributed by atoms with van der Waals surface area (Å²) >= 11 is 0. The fraction of sp³-hybridized carbons (Fsp3) is 1.00. The second-order valence-electron chi connectivity index (χ2n) is 4.28. The zero-order chi connectivity index (χ0) is 12.1. The van der Waals surface area contributed by atoms with Crippen LogP contribution >= 0.6 is 0 Å². The first kappa shape index (κ1) is 17.4. The minimum Gasteiger partial charge on any atom is -0.0683 e. The van der Waals surface area contributed by atoms with E-state index in [9.17, 15) is 0 Å². The summed E-state index contributed by atoms with van der Waals surface area (Å²) in [6.07, 6.45) is 10.4. The van der Waals surface area contributed by atoms with Gasteiger partial charge < -0.3 is 0 Å². The molecule has 2 unspecified atom stereocenters. The summed E-state index contributed by atoms with van der Waals surface area (Å²) in [4.78, 5) is 0. The van der Waals surface area contributed by atoms with Crippen LogP contribution < -0.4 is 0 Å². The smallest absolute Gasteiger partial charge is 0.0412 e.